The number of hydrazine groups is 1. The van der Waals surface area contributed by atoms with Crippen molar-refractivity contribution in [3.8, 4) is 5.75 Å². The monoisotopic (exact) mass is 727 g/mol. The van der Waals surface area contributed by atoms with Crippen LogP contribution in [0.4, 0.5) is 5.69 Å². The summed E-state index contributed by atoms with van der Waals surface area (Å²) in [6.07, 6.45) is 13.2. The zero-order valence-corrected chi connectivity index (χ0v) is 31.9. The Morgan fingerprint density at radius 2 is 1.90 bits per heavy atom. The molecule has 14 heteroatoms. The maximum absolute atomic E-state index is 13.4. The van der Waals surface area contributed by atoms with Crippen molar-refractivity contribution in [1.29, 1.82) is 0 Å². The van der Waals surface area contributed by atoms with Gasteiger partial charge in [0.2, 0.25) is 5.91 Å². The molecular weight excluding hydrogens is 671 g/mol. The van der Waals surface area contributed by atoms with E-state index in [0.29, 0.717) is 58.2 Å². The molecule has 4 unspecified atom stereocenters. The van der Waals surface area contributed by atoms with Crippen LogP contribution in [0.15, 0.2) is 46.3 Å². The van der Waals surface area contributed by atoms with Crippen LogP contribution in [-0.2, 0) is 9.59 Å². The van der Waals surface area contributed by atoms with E-state index < -0.39 is 6.04 Å². The van der Waals surface area contributed by atoms with Crippen LogP contribution in [0.5, 0.6) is 5.75 Å². The van der Waals surface area contributed by atoms with Crippen molar-refractivity contribution in [2.24, 2.45) is 27.3 Å². The Bertz CT molecular complexity index is 1410. The minimum atomic E-state index is -0.410. The normalized spacial score (nSPS) is 25.5. The molecular formula is C36H57N9O3S2. The van der Waals surface area contributed by atoms with Gasteiger partial charge < -0.3 is 41.1 Å². The van der Waals surface area contributed by atoms with Crippen molar-refractivity contribution in [1.82, 2.24) is 20.1 Å². The summed E-state index contributed by atoms with van der Waals surface area (Å²) in [5.74, 6) is 8.50. The first-order valence-electron chi connectivity index (χ1n) is 17.8. The number of nitrogens with two attached hydrogens (primary N) is 3. The lowest BCUT2D eigenvalue weighted by molar-refractivity contribution is -0.134. The van der Waals surface area contributed by atoms with Gasteiger partial charge in [0, 0.05) is 54.0 Å². The Morgan fingerprint density at radius 1 is 1.20 bits per heavy atom. The van der Waals surface area contributed by atoms with Gasteiger partial charge in [0.25, 0.3) is 0 Å². The van der Waals surface area contributed by atoms with Crippen molar-refractivity contribution >= 4 is 57.7 Å². The third-order valence-corrected chi connectivity index (χ3v) is 13.2. The van der Waals surface area contributed by atoms with E-state index in [2.05, 4.69) is 35.8 Å². The lowest BCUT2D eigenvalue weighted by Gasteiger charge is -2.45. The van der Waals surface area contributed by atoms with Crippen LogP contribution in [0.1, 0.15) is 84.1 Å². The van der Waals surface area contributed by atoms with Crippen LogP contribution in [0, 0.1) is 0 Å². The molecule has 4 atom stereocenters. The molecule has 1 saturated heterocycles. The minimum absolute atomic E-state index is 0.0385. The number of likely N-dealkylation sites (N-methyl/N-ethyl adjacent to an activating group) is 1. The molecule has 1 heterocycles. The fourth-order valence-corrected chi connectivity index (χ4v) is 9.64. The molecule has 1 aromatic rings. The number of rotatable bonds is 16. The van der Waals surface area contributed by atoms with Gasteiger partial charge >= 0.3 is 0 Å². The molecule has 0 spiro atoms. The SMILES string of the molecule is C=NC=C1C(=Nc2ccc(/C(N)=C/N(N)C3CCC(NC(C)C(C)SSCC(N)C=O)CC3)cc2OC)N(C2CCCC2)C(CC)C(=O)N1C. The second-order valence-electron chi connectivity index (χ2n) is 13.6. The molecule has 1 amide bonds. The molecule has 7 N–H and O–H groups in total. The predicted octanol–water partition coefficient (Wildman–Crippen LogP) is 4.78. The highest BCUT2D eigenvalue weighted by Crippen LogP contribution is 2.37. The van der Waals surface area contributed by atoms with Crippen LogP contribution in [0.3, 0.4) is 0 Å². The second kappa shape index (κ2) is 19.0. The number of carbonyl (C=O) groups is 2. The number of ether oxygens (including phenoxy) is 1. The fraction of sp³-hybridized carbons (Fsp3) is 0.611. The third-order valence-electron chi connectivity index (χ3n) is 10.1. The molecule has 3 fully saturated rings. The lowest BCUT2D eigenvalue weighted by Crippen LogP contribution is -2.60. The number of nitrogens with zero attached hydrogens (tertiary/aromatic N) is 5. The Morgan fingerprint density at radius 3 is 2.52 bits per heavy atom. The molecule has 276 valence electrons. The van der Waals surface area contributed by atoms with Gasteiger partial charge in [-0.15, -0.1) is 0 Å². The zero-order chi connectivity index (χ0) is 36.4. The summed E-state index contributed by atoms with van der Waals surface area (Å²) >= 11 is 0. The van der Waals surface area contributed by atoms with Gasteiger partial charge in [0.05, 0.1) is 25.0 Å². The van der Waals surface area contributed by atoms with Gasteiger partial charge in [-0.2, -0.15) is 0 Å². The molecule has 0 radical (unpaired) electrons. The highest BCUT2D eigenvalue weighted by molar-refractivity contribution is 8.77. The van der Waals surface area contributed by atoms with Crippen LogP contribution < -0.4 is 27.4 Å². The van der Waals surface area contributed by atoms with Crippen LogP contribution in [0.2, 0.25) is 0 Å². The number of aldehydes is 1. The number of methoxy groups -OCH3 is 1. The fourth-order valence-electron chi connectivity index (χ4n) is 7.02. The van der Waals surface area contributed by atoms with Crippen LogP contribution >= 0.6 is 21.6 Å². The van der Waals surface area contributed by atoms with E-state index >= 15 is 0 Å². The quantitative estimate of drug-likeness (QED) is 0.0608. The van der Waals surface area contributed by atoms with Crippen LogP contribution in [0.25, 0.3) is 5.70 Å². The molecule has 2 saturated carbocycles. The van der Waals surface area contributed by atoms with Gasteiger partial charge in [-0.25, -0.2) is 10.8 Å². The molecule has 3 aliphatic rings. The maximum atomic E-state index is 13.4. The number of aliphatic imine (C=N–C) groups is 2. The summed E-state index contributed by atoms with van der Waals surface area (Å²) in [7, 11) is 6.82. The van der Waals surface area contributed by atoms with Crippen molar-refractivity contribution in [3.63, 3.8) is 0 Å². The first-order valence-corrected chi connectivity index (χ1v) is 20.2. The van der Waals surface area contributed by atoms with E-state index in [1.54, 1.807) is 51.9 Å². The number of benzene rings is 1. The molecule has 2 aliphatic carbocycles. The Labute approximate surface area is 306 Å². The van der Waals surface area contributed by atoms with E-state index in [9.17, 15) is 9.59 Å². The molecule has 1 aliphatic heterocycles. The molecule has 4 rings (SSSR count). The summed E-state index contributed by atoms with van der Waals surface area (Å²) < 4.78 is 5.84. The summed E-state index contributed by atoms with van der Waals surface area (Å²) in [4.78, 5) is 37.2. The molecule has 1 aromatic carbocycles. The Balaban J connectivity index is 1.45. The smallest absolute Gasteiger partial charge is 0.249 e. The third kappa shape index (κ3) is 9.84. The standard InChI is InChI=1S/C36H57N9O3S2/c1-7-32-36(47)43(5)33(19-40-4)35(45(32)29-10-8-9-11-29)42-31-17-12-25(18-34(31)48-6)30(38)20-44(39)28-15-13-27(14-16-28)41-23(2)24(3)50-49-22-26(37)21-46/h12,17-21,23-24,26-29,32,41H,4,7-11,13-16,22,37-39H2,1-3,5-6H3/b30-20-,33-19?,42-35?. The highest BCUT2D eigenvalue weighted by Gasteiger charge is 2.43. The van der Waals surface area contributed by atoms with Crippen LogP contribution in [-0.4, -0.2) is 101 Å². The summed E-state index contributed by atoms with van der Waals surface area (Å²) in [5, 5.41) is 5.92. The highest BCUT2D eigenvalue weighted by atomic mass is 33.1. The van der Waals surface area contributed by atoms with E-state index in [1.807, 2.05) is 31.3 Å². The first kappa shape index (κ1) is 39.7. The number of amides is 1. The molecule has 0 aromatic heterocycles. The minimum Gasteiger partial charge on any atom is -0.494 e. The Kier molecular flexibility index (Phi) is 15.1. The van der Waals surface area contributed by atoms with E-state index in [1.165, 1.54) is 0 Å². The zero-order valence-electron chi connectivity index (χ0n) is 30.3. The van der Waals surface area contributed by atoms with E-state index in [0.717, 1.165) is 63.2 Å². The lowest BCUT2D eigenvalue weighted by atomic mass is 9.90. The largest absolute Gasteiger partial charge is 0.494 e. The van der Waals surface area contributed by atoms with Crippen molar-refractivity contribution in [3.05, 3.63) is 41.9 Å². The van der Waals surface area contributed by atoms with Gasteiger partial charge in [-0.3, -0.25) is 9.79 Å². The average Bonchev–Trinajstić information content (AvgIpc) is 3.66. The number of nitrogens with one attached hydrogen (secondary N) is 1. The first-order chi connectivity index (χ1) is 24.0. The number of amidine groups is 1. The van der Waals surface area contributed by atoms with Gasteiger partial charge in [-0.05, 0) is 70.7 Å². The predicted molar refractivity (Wildman–Crippen MR) is 209 cm³/mol. The second-order valence-corrected chi connectivity index (χ2v) is 16.4. The molecule has 50 heavy (non-hydrogen) atoms. The number of hydrogen-bond donors (Lipinski definition) is 4. The molecule has 0 bridgehead atoms. The summed E-state index contributed by atoms with van der Waals surface area (Å²) in [6.45, 7) is 10.1. The number of hydrogen-bond acceptors (Lipinski definition) is 12. The van der Waals surface area contributed by atoms with Crippen molar-refractivity contribution in [2.75, 3.05) is 19.9 Å². The van der Waals surface area contributed by atoms with E-state index in [-0.39, 0.29) is 24.0 Å². The van der Waals surface area contributed by atoms with Crippen molar-refractivity contribution in [2.45, 2.75) is 120 Å². The Hall–Kier alpha value is -3.04. The summed E-state index contributed by atoms with van der Waals surface area (Å²) in [5.41, 5.74) is 14.9. The van der Waals surface area contributed by atoms with E-state index in [4.69, 9.17) is 27.0 Å². The molecule has 12 nitrogen and oxygen atoms in total. The topological polar surface area (TPSA) is 168 Å². The average molecular weight is 728 g/mol. The number of carbonyl (C=O) groups excluding carboxylic acids is 2. The van der Waals surface area contributed by atoms with Gasteiger partial charge in [-0.1, -0.05) is 54.3 Å². The maximum Gasteiger partial charge on any atom is 0.249 e. The summed E-state index contributed by atoms with van der Waals surface area (Å²) in [6, 6.07) is 6.17. The van der Waals surface area contributed by atoms with Crippen molar-refractivity contribution < 1.29 is 14.3 Å². The number of piperazine rings is 1. The van der Waals surface area contributed by atoms with Gasteiger partial charge in [0.15, 0.2) is 5.84 Å². The van der Waals surface area contributed by atoms with Gasteiger partial charge in [0.1, 0.15) is 29.5 Å².